The molecule has 140 valence electrons. The molecule has 1 unspecified atom stereocenters. The maximum atomic E-state index is 13.9. The number of rotatable bonds is 3. The summed E-state index contributed by atoms with van der Waals surface area (Å²) in [5.41, 5.74) is 0.539. The van der Waals surface area contributed by atoms with E-state index in [1.165, 1.54) is 19.5 Å². The van der Waals surface area contributed by atoms with Gasteiger partial charge in [-0.25, -0.2) is 22.8 Å². The molecular formula is C17H21FN4O3S. The van der Waals surface area contributed by atoms with Crippen molar-refractivity contribution in [3.05, 3.63) is 24.3 Å². The van der Waals surface area contributed by atoms with Gasteiger partial charge in [-0.1, -0.05) is 0 Å². The molecule has 0 saturated carbocycles. The van der Waals surface area contributed by atoms with Gasteiger partial charge in [0.05, 0.1) is 24.1 Å². The molecule has 9 heteroatoms. The van der Waals surface area contributed by atoms with E-state index in [1.807, 2.05) is 0 Å². The van der Waals surface area contributed by atoms with Gasteiger partial charge in [0.25, 0.3) is 0 Å². The molecule has 2 aliphatic rings. The van der Waals surface area contributed by atoms with Crippen LogP contribution in [0, 0.1) is 5.82 Å². The van der Waals surface area contributed by atoms with Gasteiger partial charge in [-0.3, -0.25) is 4.90 Å². The van der Waals surface area contributed by atoms with Crippen LogP contribution in [0.25, 0.3) is 10.9 Å². The number of halogens is 1. The Hall–Kier alpha value is -2.00. The quantitative estimate of drug-likeness (QED) is 0.789. The zero-order valence-corrected chi connectivity index (χ0v) is 15.4. The van der Waals surface area contributed by atoms with Crippen molar-refractivity contribution in [1.82, 2.24) is 14.9 Å². The van der Waals surface area contributed by atoms with Gasteiger partial charge in [-0.2, -0.15) is 0 Å². The maximum absolute atomic E-state index is 13.9. The van der Waals surface area contributed by atoms with Crippen molar-refractivity contribution in [3.8, 4) is 5.75 Å². The number of fused-ring (bicyclic) bond motifs is 1. The highest BCUT2D eigenvalue weighted by atomic mass is 32.2. The van der Waals surface area contributed by atoms with Crippen molar-refractivity contribution in [2.45, 2.75) is 12.5 Å². The molecule has 1 aromatic heterocycles. The van der Waals surface area contributed by atoms with E-state index in [0.717, 1.165) is 43.8 Å². The summed E-state index contributed by atoms with van der Waals surface area (Å²) in [6.45, 7) is 3.04. The first-order valence-electron chi connectivity index (χ1n) is 8.64. The van der Waals surface area contributed by atoms with Crippen LogP contribution in [-0.4, -0.2) is 74.1 Å². The fourth-order valence-electron chi connectivity index (χ4n) is 3.81. The highest BCUT2D eigenvalue weighted by molar-refractivity contribution is 7.91. The van der Waals surface area contributed by atoms with Gasteiger partial charge in [0.15, 0.2) is 21.4 Å². The number of sulfone groups is 1. The Balaban J connectivity index is 1.54. The number of hydrogen-bond acceptors (Lipinski definition) is 7. The predicted molar refractivity (Wildman–Crippen MR) is 96.9 cm³/mol. The van der Waals surface area contributed by atoms with E-state index in [9.17, 15) is 12.8 Å². The van der Waals surface area contributed by atoms with Gasteiger partial charge in [-0.05, 0) is 12.5 Å². The van der Waals surface area contributed by atoms with Gasteiger partial charge < -0.3 is 9.64 Å². The van der Waals surface area contributed by atoms with Crippen LogP contribution in [0.5, 0.6) is 5.75 Å². The number of methoxy groups -OCH3 is 1. The van der Waals surface area contributed by atoms with Gasteiger partial charge >= 0.3 is 0 Å². The van der Waals surface area contributed by atoms with E-state index in [1.54, 1.807) is 6.07 Å². The second kappa shape index (κ2) is 6.62. The van der Waals surface area contributed by atoms with E-state index in [0.29, 0.717) is 11.3 Å². The molecule has 2 aromatic rings. The molecule has 1 aromatic carbocycles. The third-order valence-corrected chi connectivity index (χ3v) is 6.98. The topological polar surface area (TPSA) is 75.6 Å². The molecular weight excluding hydrogens is 359 g/mol. The first-order chi connectivity index (χ1) is 12.5. The third-order valence-electron chi connectivity index (χ3n) is 5.23. The molecule has 2 saturated heterocycles. The first-order valence-corrected chi connectivity index (χ1v) is 10.5. The van der Waals surface area contributed by atoms with Crippen molar-refractivity contribution < 1.29 is 17.5 Å². The summed E-state index contributed by atoms with van der Waals surface area (Å²) < 4.78 is 42.4. The summed E-state index contributed by atoms with van der Waals surface area (Å²) in [6.07, 6.45) is 2.16. The highest BCUT2D eigenvalue weighted by Gasteiger charge is 2.34. The zero-order chi connectivity index (χ0) is 18.3. The number of hydrogen-bond donors (Lipinski definition) is 0. The van der Waals surface area contributed by atoms with E-state index in [-0.39, 0.29) is 17.5 Å². The lowest BCUT2D eigenvalue weighted by Gasteiger charge is -2.38. The van der Waals surface area contributed by atoms with Crippen molar-refractivity contribution in [1.29, 1.82) is 0 Å². The van der Waals surface area contributed by atoms with Gasteiger partial charge in [-0.15, -0.1) is 0 Å². The Morgan fingerprint density at radius 1 is 1.19 bits per heavy atom. The number of piperazine rings is 1. The number of nitrogens with zero attached hydrogens (tertiary/aromatic N) is 4. The highest BCUT2D eigenvalue weighted by Crippen LogP contribution is 2.30. The minimum atomic E-state index is -2.88. The SMILES string of the molecule is COc1cc2c(N3CCN(C4CCS(=O)(=O)C4)CC3)ncnc2cc1F. The average molecular weight is 380 g/mol. The summed E-state index contributed by atoms with van der Waals surface area (Å²) in [5, 5.41) is 0.752. The summed E-state index contributed by atoms with van der Waals surface area (Å²) in [4.78, 5) is 13.0. The van der Waals surface area contributed by atoms with E-state index in [4.69, 9.17) is 4.74 Å². The molecule has 0 bridgehead atoms. The minimum Gasteiger partial charge on any atom is -0.494 e. The Bertz CT molecular complexity index is 929. The Labute approximate surface area is 151 Å². The molecule has 2 aliphatic heterocycles. The van der Waals surface area contributed by atoms with E-state index >= 15 is 0 Å². The Kier molecular flexibility index (Phi) is 4.44. The normalized spacial score (nSPS) is 23.5. The van der Waals surface area contributed by atoms with Gasteiger partial charge in [0.2, 0.25) is 0 Å². The van der Waals surface area contributed by atoms with E-state index < -0.39 is 15.7 Å². The van der Waals surface area contributed by atoms with Crippen LogP contribution in [0.2, 0.25) is 0 Å². The molecule has 2 fully saturated rings. The Morgan fingerprint density at radius 2 is 1.96 bits per heavy atom. The smallest absolute Gasteiger partial charge is 0.167 e. The molecule has 3 heterocycles. The number of benzene rings is 1. The second-order valence-electron chi connectivity index (χ2n) is 6.78. The predicted octanol–water partition coefficient (Wildman–Crippen LogP) is 1.09. The van der Waals surface area contributed by atoms with Crippen LogP contribution in [-0.2, 0) is 9.84 Å². The maximum Gasteiger partial charge on any atom is 0.167 e. The van der Waals surface area contributed by atoms with Crippen LogP contribution in [0.3, 0.4) is 0 Å². The van der Waals surface area contributed by atoms with Crippen LogP contribution in [0.4, 0.5) is 10.2 Å². The molecule has 0 aliphatic carbocycles. The van der Waals surface area contributed by atoms with Gasteiger partial charge in [0, 0.05) is 43.7 Å². The molecule has 7 nitrogen and oxygen atoms in total. The fraction of sp³-hybridized carbons (Fsp3) is 0.529. The molecule has 1 atom stereocenters. The molecule has 26 heavy (non-hydrogen) atoms. The standard InChI is InChI=1S/C17H21FN4O3S/c1-25-16-8-13-15(9-14(16)18)19-11-20-17(13)22-5-3-21(4-6-22)12-2-7-26(23,24)10-12/h8-9,11-12H,2-7,10H2,1H3. The third kappa shape index (κ3) is 3.21. The number of ether oxygens (including phenoxy) is 1. The first kappa shape index (κ1) is 17.4. The lowest BCUT2D eigenvalue weighted by Crippen LogP contribution is -2.51. The summed E-state index contributed by atoms with van der Waals surface area (Å²) in [6, 6.07) is 3.12. The van der Waals surface area contributed by atoms with Crippen molar-refractivity contribution >= 4 is 26.6 Å². The molecule has 0 radical (unpaired) electrons. The minimum absolute atomic E-state index is 0.124. The van der Waals surface area contributed by atoms with E-state index in [2.05, 4.69) is 19.8 Å². The molecule has 0 N–H and O–H groups in total. The fourth-order valence-corrected chi connectivity index (χ4v) is 5.58. The molecule has 0 spiro atoms. The summed E-state index contributed by atoms with van der Waals surface area (Å²) in [7, 11) is -1.44. The lowest BCUT2D eigenvalue weighted by atomic mass is 10.1. The van der Waals surface area contributed by atoms with Crippen LogP contribution < -0.4 is 9.64 Å². The monoisotopic (exact) mass is 380 g/mol. The van der Waals surface area contributed by atoms with Crippen LogP contribution >= 0.6 is 0 Å². The Morgan fingerprint density at radius 3 is 2.62 bits per heavy atom. The van der Waals surface area contributed by atoms with Crippen molar-refractivity contribution in [2.24, 2.45) is 0 Å². The van der Waals surface area contributed by atoms with Crippen molar-refractivity contribution in [3.63, 3.8) is 0 Å². The van der Waals surface area contributed by atoms with Crippen molar-refractivity contribution in [2.75, 3.05) is 49.7 Å². The van der Waals surface area contributed by atoms with Crippen LogP contribution in [0.1, 0.15) is 6.42 Å². The second-order valence-corrected chi connectivity index (χ2v) is 9.01. The largest absolute Gasteiger partial charge is 0.494 e. The van der Waals surface area contributed by atoms with Crippen LogP contribution in [0.15, 0.2) is 18.5 Å². The zero-order valence-electron chi connectivity index (χ0n) is 14.6. The summed E-state index contributed by atoms with van der Waals surface area (Å²) >= 11 is 0. The number of aromatic nitrogens is 2. The molecule has 4 rings (SSSR count). The average Bonchev–Trinajstić information content (AvgIpc) is 3.00. The number of anilines is 1. The summed E-state index contributed by atoms with van der Waals surface area (Å²) in [5.74, 6) is 1.03. The van der Waals surface area contributed by atoms with Gasteiger partial charge in [0.1, 0.15) is 12.1 Å². The lowest BCUT2D eigenvalue weighted by molar-refractivity contribution is 0.200. The molecule has 0 amide bonds.